The normalized spacial score (nSPS) is 10.7. The zero-order valence-electron chi connectivity index (χ0n) is 14.7. The van der Waals surface area contributed by atoms with Crippen LogP contribution in [0.2, 0.25) is 5.02 Å². The number of carbonyl (C=O) groups excluding carboxylic acids is 1. The van der Waals surface area contributed by atoms with E-state index in [0.29, 0.717) is 10.6 Å². The van der Waals surface area contributed by atoms with Gasteiger partial charge in [-0.15, -0.1) is 0 Å². The van der Waals surface area contributed by atoms with Crippen LogP contribution in [0.5, 0.6) is 0 Å². The van der Waals surface area contributed by atoms with Gasteiger partial charge in [-0.3, -0.25) is 4.79 Å². The second kappa shape index (κ2) is 7.22. The van der Waals surface area contributed by atoms with Crippen LogP contribution in [0.25, 0.3) is 22.2 Å². The number of nitrogens with one attached hydrogen (secondary N) is 1. The van der Waals surface area contributed by atoms with Gasteiger partial charge in [-0.1, -0.05) is 60.1 Å². The van der Waals surface area contributed by atoms with Crippen LogP contribution in [0.4, 0.5) is 5.69 Å². The Morgan fingerprint density at radius 2 is 1.56 bits per heavy atom. The largest absolute Gasteiger partial charge is 0.322 e. The van der Waals surface area contributed by atoms with Gasteiger partial charge >= 0.3 is 0 Å². The number of rotatable bonds is 3. The van der Waals surface area contributed by atoms with Crippen molar-refractivity contribution in [2.75, 3.05) is 5.32 Å². The Kier molecular flexibility index (Phi) is 4.61. The van der Waals surface area contributed by atoms with Gasteiger partial charge in [0.2, 0.25) is 0 Å². The number of halogens is 1. The van der Waals surface area contributed by atoms with Crippen molar-refractivity contribution < 1.29 is 4.79 Å². The molecule has 0 aliphatic heterocycles. The minimum absolute atomic E-state index is 0.146. The van der Waals surface area contributed by atoms with Gasteiger partial charge in [-0.2, -0.15) is 0 Å². The van der Waals surface area contributed by atoms with Crippen molar-refractivity contribution in [2.24, 2.45) is 0 Å². The molecule has 0 saturated carbocycles. The van der Waals surface area contributed by atoms with E-state index >= 15 is 0 Å². The lowest BCUT2D eigenvalue weighted by atomic mass is 9.97. The lowest BCUT2D eigenvalue weighted by Gasteiger charge is -2.15. The minimum Gasteiger partial charge on any atom is -0.322 e. The number of fused-ring (bicyclic) bond motifs is 1. The number of pyridine rings is 1. The van der Waals surface area contributed by atoms with Crippen LogP contribution >= 0.6 is 11.6 Å². The molecule has 1 heterocycles. The number of carbonyl (C=O) groups is 1. The number of nitrogens with zero attached hydrogens (tertiary/aromatic N) is 1. The van der Waals surface area contributed by atoms with Gasteiger partial charge < -0.3 is 5.32 Å². The van der Waals surface area contributed by atoms with E-state index in [4.69, 9.17) is 16.6 Å². The molecular weight excluding hydrogens is 356 g/mol. The van der Waals surface area contributed by atoms with E-state index in [9.17, 15) is 4.79 Å². The maximum atomic E-state index is 13.1. The summed E-state index contributed by atoms with van der Waals surface area (Å²) in [6.07, 6.45) is 0. The molecule has 1 aromatic heterocycles. The summed E-state index contributed by atoms with van der Waals surface area (Å²) in [7, 11) is 0. The van der Waals surface area contributed by atoms with Gasteiger partial charge in [-0.25, -0.2) is 4.98 Å². The molecule has 3 aromatic carbocycles. The fourth-order valence-electron chi connectivity index (χ4n) is 3.20. The summed E-state index contributed by atoms with van der Waals surface area (Å²) in [6.45, 7) is 1.93. The summed E-state index contributed by atoms with van der Waals surface area (Å²) < 4.78 is 0. The molecule has 0 radical (unpaired) electrons. The summed E-state index contributed by atoms with van der Waals surface area (Å²) in [5, 5.41) is 4.49. The van der Waals surface area contributed by atoms with Crippen molar-refractivity contribution in [1.82, 2.24) is 4.98 Å². The van der Waals surface area contributed by atoms with Crippen molar-refractivity contribution in [2.45, 2.75) is 6.92 Å². The van der Waals surface area contributed by atoms with Crippen LogP contribution in [0.3, 0.4) is 0 Å². The predicted octanol–water partition coefficient (Wildman–Crippen LogP) is 6.12. The SMILES string of the molecule is Cc1c(-c2ccc(Cl)cc2)nc2ccccc2c1C(=O)Nc1ccccc1. The molecule has 0 aliphatic carbocycles. The molecule has 0 unspecified atom stereocenters. The maximum Gasteiger partial charge on any atom is 0.256 e. The van der Waals surface area contributed by atoms with E-state index in [1.54, 1.807) is 0 Å². The second-order valence-corrected chi connectivity index (χ2v) is 6.74. The maximum absolute atomic E-state index is 13.1. The molecule has 0 atom stereocenters. The molecule has 1 amide bonds. The van der Waals surface area contributed by atoms with Gasteiger partial charge in [-0.05, 0) is 42.8 Å². The van der Waals surface area contributed by atoms with Crippen molar-refractivity contribution in [1.29, 1.82) is 0 Å². The molecule has 4 rings (SSSR count). The van der Waals surface area contributed by atoms with Crippen LogP contribution in [-0.4, -0.2) is 10.9 Å². The number of aromatic nitrogens is 1. The number of anilines is 1. The Balaban J connectivity index is 1.89. The molecule has 0 bridgehead atoms. The highest BCUT2D eigenvalue weighted by Crippen LogP contribution is 2.30. The molecule has 0 saturated heterocycles. The Labute approximate surface area is 162 Å². The Morgan fingerprint density at radius 3 is 2.30 bits per heavy atom. The van der Waals surface area contributed by atoms with Gasteiger partial charge in [0.05, 0.1) is 16.8 Å². The first-order chi connectivity index (χ1) is 13.1. The van der Waals surface area contributed by atoms with Gasteiger partial charge in [0, 0.05) is 21.7 Å². The quantitative estimate of drug-likeness (QED) is 0.471. The smallest absolute Gasteiger partial charge is 0.256 e. The summed E-state index contributed by atoms with van der Waals surface area (Å²) in [4.78, 5) is 17.9. The fourth-order valence-corrected chi connectivity index (χ4v) is 3.33. The highest BCUT2D eigenvalue weighted by atomic mass is 35.5. The van der Waals surface area contributed by atoms with Crippen LogP contribution in [0, 0.1) is 6.92 Å². The average molecular weight is 373 g/mol. The topological polar surface area (TPSA) is 42.0 Å². The van der Waals surface area contributed by atoms with Crippen molar-refractivity contribution in [3.63, 3.8) is 0 Å². The summed E-state index contributed by atoms with van der Waals surface area (Å²) in [6, 6.07) is 24.7. The average Bonchev–Trinajstić information content (AvgIpc) is 2.69. The molecule has 132 valence electrons. The number of benzene rings is 3. The van der Waals surface area contributed by atoms with E-state index in [2.05, 4.69) is 5.32 Å². The number of hydrogen-bond acceptors (Lipinski definition) is 2. The molecule has 27 heavy (non-hydrogen) atoms. The lowest BCUT2D eigenvalue weighted by molar-refractivity contribution is 0.102. The molecule has 3 nitrogen and oxygen atoms in total. The van der Waals surface area contributed by atoms with E-state index in [1.807, 2.05) is 85.8 Å². The van der Waals surface area contributed by atoms with Crippen LogP contribution in [0.1, 0.15) is 15.9 Å². The molecule has 4 heteroatoms. The van der Waals surface area contributed by atoms with Crippen molar-refractivity contribution >= 4 is 34.1 Å². The molecule has 0 spiro atoms. The third-order valence-corrected chi connectivity index (χ3v) is 4.76. The lowest BCUT2D eigenvalue weighted by Crippen LogP contribution is -2.15. The first kappa shape index (κ1) is 17.3. The fraction of sp³-hybridized carbons (Fsp3) is 0.0435. The number of para-hydroxylation sites is 2. The minimum atomic E-state index is -0.146. The Bertz CT molecular complexity index is 1120. The first-order valence-electron chi connectivity index (χ1n) is 8.65. The molecular formula is C23H17ClN2O. The van der Waals surface area contributed by atoms with Crippen molar-refractivity contribution in [3.8, 4) is 11.3 Å². The van der Waals surface area contributed by atoms with Crippen LogP contribution in [0.15, 0.2) is 78.9 Å². The number of hydrogen-bond donors (Lipinski definition) is 1. The standard InChI is InChI=1S/C23H17ClN2O/c1-15-21(23(27)25-18-7-3-2-4-8-18)19-9-5-6-10-20(19)26-22(15)16-11-13-17(24)14-12-16/h2-14H,1H3,(H,25,27). The van der Waals surface area contributed by atoms with E-state index in [1.165, 1.54) is 0 Å². The number of amides is 1. The zero-order chi connectivity index (χ0) is 18.8. The van der Waals surface area contributed by atoms with Crippen LogP contribution < -0.4 is 5.32 Å². The highest BCUT2D eigenvalue weighted by molar-refractivity contribution is 6.30. The molecule has 1 N–H and O–H groups in total. The van der Waals surface area contributed by atoms with Gasteiger partial charge in [0.1, 0.15) is 0 Å². The van der Waals surface area contributed by atoms with E-state index in [-0.39, 0.29) is 5.91 Å². The third-order valence-electron chi connectivity index (χ3n) is 4.51. The zero-order valence-corrected chi connectivity index (χ0v) is 15.5. The predicted molar refractivity (Wildman–Crippen MR) is 111 cm³/mol. The summed E-state index contributed by atoms with van der Waals surface area (Å²) >= 11 is 6.02. The van der Waals surface area contributed by atoms with Crippen molar-refractivity contribution in [3.05, 3.63) is 95.0 Å². The van der Waals surface area contributed by atoms with Gasteiger partial charge in [0.25, 0.3) is 5.91 Å². The van der Waals surface area contributed by atoms with E-state index in [0.717, 1.165) is 33.4 Å². The Hall–Kier alpha value is -3.17. The summed E-state index contributed by atoms with van der Waals surface area (Å²) in [5.41, 5.74) is 4.72. The Morgan fingerprint density at radius 1 is 0.889 bits per heavy atom. The van der Waals surface area contributed by atoms with Gasteiger partial charge in [0.15, 0.2) is 0 Å². The molecule has 0 fully saturated rings. The van der Waals surface area contributed by atoms with Crippen LogP contribution in [-0.2, 0) is 0 Å². The monoisotopic (exact) mass is 372 g/mol. The summed E-state index contributed by atoms with van der Waals surface area (Å²) in [5.74, 6) is -0.146. The second-order valence-electron chi connectivity index (χ2n) is 6.30. The molecule has 0 aliphatic rings. The highest BCUT2D eigenvalue weighted by Gasteiger charge is 2.19. The first-order valence-corrected chi connectivity index (χ1v) is 9.03. The molecule has 4 aromatic rings. The third kappa shape index (κ3) is 3.42. The van der Waals surface area contributed by atoms with E-state index < -0.39 is 0 Å².